The van der Waals surface area contributed by atoms with Crippen LogP contribution in [0.3, 0.4) is 0 Å². The molecule has 5 heteroatoms. The molecule has 0 unspecified atom stereocenters. The molecule has 1 amide bonds. The average Bonchev–Trinajstić information content (AvgIpc) is 2.58. The molecule has 0 saturated carbocycles. The third-order valence-electron chi connectivity index (χ3n) is 3.98. The number of hydrogen-bond acceptors (Lipinski definition) is 2. The summed E-state index contributed by atoms with van der Waals surface area (Å²) in [5.41, 5.74) is 1.76. The van der Waals surface area contributed by atoms with Gasteiger partial charge in [0.05, 0.1) is 6.61 Å². The van der Waals surface area contributed by atoms with Gasteiger partial charge in [-0.25, -0.2) is 4.39 Å². The Morgan fingerprint density at radius 3 is 2.32 bits per heavy atom. The zero-order valence-electron chi connectivity index (χ0n) is 15.0. The van der Waals surface area contributed by atoms with Gasteiger partial charge in [-0.2, -0.15) is 0 Å². The van der Waals surface area contributed by atoms with E-state index in [1.165, 1.54) is 12.1 Å². The van der Waals surface area contributed by atoms with Gasteiger partial charge in [-0.05, 0) is 43.3 Å². The van der Waals surface area contributed by atoms with Crippen molar-refractivity contribution in [3.8, 4) is 5.75 Å². The summed E-state index contributed by atoms with van der Waals surface area (Å²) in [5, 5.41) is 4.87. The Morgan fingerprint density at radius 1 is 1.12 bits per heavy atom. The van der Waals surface area contributed by atoms with Gasteiger partial charge in [0, 0.05) is 17.2 Å². The lowest BCUT2D eigenvalue weighted by atomic mass is 9.96. The predicted octanol–water partition coefficient (Wildman–Crippen LogP) is 3.12. The Bertz CT molecular complexity index is 669. The van der Waals surface area contributed by atoms with Crippen LogP contribution in [0.2, 0.25) is 0 Å². The van der Waals surface area contributed by atoms with Crippen molar-refractivity contribution in [1.82, 2.24) is 0 Å². The summed E-state index contributed by atoms with van der Waals surface area (Å²) in [5.74, 6) is 0.781. The monoisotopic (exact) mass is 345 g/mol. The van der Waals surface area contributed by atoms with Crippen LogP contribution >= 0.6 is 0 Å². The van der Waals surface area contributed by atoms with Crippen molar-refractivity contribution in [2.75, 3.05) is 18.5 Å². The van der Waals surface area contributed by atoms with Gasteiger partial charge in [-0.3, -0.25) is 4.79 Å². The van der Waals surface area contributed by atoms with Gasteiger partial charge >= 0.3 is 0 Å². The van der Waals surface area contributed by atoms with E-state index in [2.05, 4.69) is 19.2 Å². The maximum absolute atomic E-state index is 13.1. The highest BCUT2D eigenvalue weighted by molar-refractivity contribution is 5.91. The van der Waals surface area contributed by atoms with E-state index in [4.69, 9.17) is 4.74 Å². The topological polar surface area (TPSA) is 54.9 Å². The number of carbonyl (C=O) groups excluding carboxylic acids is 1. The SMILES string of the molecule is CCOc1ccc(NC(=O)C[NH2+][C@H](c2ccc(F)cc2)C(C)C)cc1. The maximum atomic E-state index is 13.1. The Morgan fingerprint density at radius 2 is 1.76 bits per heavy atom. The molecule has 0 heterocycles. The molecule has 0 spiro atoms. The van der Waals surface area contributed by atoms with Crippen LogP contribution in [0.1, 0.15) is 32.4 Å². The number of rotatable bonds is 8. The number of amides is 1. The number of halogens is 1. The Kier molecular flexibility index (Phi) is 6.95. The minimum atomic E-state index is -0.250. The fraction of sp³-hybridized carbons (Fsp3) is 0.350. The highest BCUT2D eigenvalue weighted by Gasteiger charge is 2.20. The molecule has 1 atom stereocenters. The summed E-state index contributed by atoms with van der Waals surface area (Å²) < 4.78 is 18.5. The molecule has 0 aliphatic heterocycles. The summed E-state index contributed by atoms with van der Waals surface area (Å²) in [6, 6.07) is 13.9. The van der Waals surface area contributed by atoms with Crippen molar-refractivity contribution in [2.45, 2.75) is 26.8 Å². The smallest absolute Gasteiger partial charge is 0.279 e. The fourth-order valence-corrected chi connectivity index (χ4v) is 2.73. The maximum Gasteiger partial charge on any atom is 0.279 e. The van der Waals surface area contributed by atoms with E-state index in [0.717, 1.165) is 17.0 Å². The van der Waals surface area contributed by atoms with E-state index >= 15 is 0 Å². The van der Waals surface area contributed by atoms with Gasteiger partial charge in [0.2, 0.25) is 0 Å². The van der Waals surface area contributed by atoms with Gasteiger partial charge in [0.1, 0.15) is 17.6 Å². The van der Waals surface area contributed by atoms with Crippen LogP contribution in [0.4, 0.5) is 10.1 Å². The zero-order valence-corrected chi connectivity index (χ0v) is 15.0. The first kappa shape index (κ1) is 18.9. The lowest BCUT2D eigenvalue weighted by Crippen LogP contribution is -2.88. The van der Waals surface area contributed by atoms with Crippen LogP contribution in [-0.2, 0) is 4.79 Å². The minimum absolute atomic E-state index is 0.0723. The summed E-state index contributed by atoms with van der Waals surface area (Å²) >= 11 is 0. The number of hydrogen-bond donors (Lipinski definition) is 2. The van der Waals surface area contributed by atoms with Gasteiger partial charge in [0.15, 0.2) is 6.54 Å². The standard InChI is InChI=1S/C20H25FN2O2/c1-4-25-18-11-9-17(10-12-18)23-19(24)13-22-20(14(2)3)15-5-7-16(21)8-6-15/h5-12,14,20,22H,4,13H2,1-3H3,(H,23,24)/p+1/t20-/m0/s1. The van der Waals surface area contributed by atoms with Crippen LogP contribution in [0.5, 0.6) is 5.75 Å². The lowest BCUT2D eigenvalue weighted by Gasteiger charge is -2.19. The van der Waals surface area contributed by atoms with Gasteiger partial charge in [-0.1, -0.05) is 26.0 Å². The van der Waals surface area contributed by atoms with Crippen molar-refractivity contribution in [3.63, 3.8) is 0 Å². The summed E-state index contributed by atoms with van der Waals surface area (Å²) in [6.45, 7) is 7.02. The molecule has 2 aromatic carbocycles. The van der Waals surface area contributed by atoms with Crippen LogP contribution in [0.15, 0.2) is 48.5 Å². The van der Waals surface area contributed by atoms with E-state index < -0.39 is 0 Å². The predicted molar refractivity (Wildman–Crippen MR) is 97.0 cm³/mol. The molecule has 0 fully saturated rings. The van der Waals surface area contributed by atoms with Crippen molar-refractivity contribution >= 4 is 11.6 Å². The van der Waals surface area contributed by atoms with E-state index in [9.17, 15) is 9.18 Å². The molecule has 0 radical (unpaired) electrons. The number of quaternary nitrogens is 1. The van der Waals surface area contributed by atoms with E-state index in [1.54, 1.807) is 12.1 Å². The van der Waals surface area contributed by atoms with Crippen molar-refractivity contribution < 1.29 is 19.2 Å². The second kappa shape index (κ2) is 9.18. The van der Waals surface area contributed by atoms with Crippen LogP contribution < -0.4 is 15.4 Å². The zero-order chi connectivity index (χ0) is 18.2. The largest absolute Gasteiger partial charge is 0.494 e. The number of carbonyl (C=O) groups is 1. The molecular weight excluding hydrogens is 319 g/mol. The second-order valence-corrected chi connectivity index (χ2v) is 6.27. The number of ether oxygens (including phenoxy) is 1. The number of nitrogens with two attached hydrogens (primary N) is 1. The number of benzene rings is 2. The third kappa shape index (κ3) is 5.87. The lowest BCUT2D eigenvalue weighted by molar-refractivity contribution is -0.692. The normalized spacial score (nSPS) is 12.0. The van der Waals surface area contributed by atoms with Gasteiger partial charge in [0.25, 0.3) is 5.91 Å². The molecule has 4 nitrogen and oxygen atoms in total. The molecule has 0 aliphatic carbocycles. The highest BCUT2D eigenvalue weighted by atomic mass is 19.1. The summed E-state index contributed by atoms with van der Waals surface area (Å²) in [7, 11) is 0. The molecule has 3 N–H and O–H groups in total. The molecule has 0 saturated heterocycles. The van der Waals surface area contributed by atoms with Gasteiger partial charge in [-0.15, -0.1) is 0 Å². The van der Waals surface area contributed by atoms with E-state index in [-0.39, 0.29) is 17.8 Å². The van der Waals surface area contributed by atoms with Crippen LogP contribution in [-0.4, -0.2) is 19.1 Å². The summed E-state index contributed by atoms with van der Waals surface area (Å²) in [6.07, 6.45) is 0. The molecular formula is C20H26FN2O2+. The Balaban J connectivity index is 1.91. The molecule has 0 aromatic heterocycles. The fourth-order valence-electron chi connectivity index (χ4n) is 2.73. The molecule has 0 bridgehead atoms. The first-order valence-electron chi connectivity index (χ1n) is 8.61. The molecule has 2 rings (SSSR count). The molecule has 2 aromatic rings. The Hall–Kier alpha value is -2.40. The highest BCUT2D eigenvalue weighted by Crippen LogP contribution is 2.18. The Labute approximate surface area is 148 Å². The van der Waals surface area contributed by atoms with Gasteiger partial charge < -0.3 is 15.4 Å². The molecule has 25 heavy (non-hydrogen) atoms. The third-order valence-corrected chi connectivity index (χ3v) is 3.98. The van der Waals surface area contributed by atoms with E-state index in [1.807, 2.05) is 36.5 Å². The number of anilines is 1. The first-order chi connectivity index (χ1) is 12.0. The number of nitrogens with one attached hydrogen (secondary N) is 1. The van der Waals surface area contributed by atoms with E-state index in [0.29, 0.717) is 19.1 Å². The van der Waals surface area contributed by atoms with Crippen molar-refractivity contribution in [2.24, 2.45) is 5.92 Å². The molecule has 134 valence electrons. The summed E-state index contributed by atoms with van der Waals surface area (Å²) in [4.78, 5) is 12.2. The first-order valence-corrected chi connectivity index (χ1v) is 8.61. The van der Waals surface area contributed by atoms with Crippen molar-refractivity contribution in [1.29, 1.82) is 0 Å². The average molecular weight is 345 g/mol. The van der Waals surface area contributed by atoms with Crippen molar-refractivity contribution in [3.05, 3.63) is 59.9 Å². The molecule has 0 aliphatic rings. The van der Waals surface area contributed by atoms with Crippen LogP contribution in [0, 0.1) is 11.7 Å². The quantitative estimate of drug-likeness (QED) is 0.772. The minimum Gasteiger partial charge on any atom is -0.494 e. The van der Waals surface area contributed by atoms with Crippen LogP contribution in [0.25, 0.3) is 0 Å². The second-order valence-electron chi connectivity index (χ2n) is 6.27.